The molecular weight excluding hydrogens is 489 g/mol. The number of fused-ring (bicyclic) bond motifs is 3. The molecule has 1 aliphatic rings. The van der Waals surface area contributed by atoms with Gasteiger partial charge in [0.2, 0.25) is 0 Å². The van der Waals surface area contributed by atoms with Gasteiger partial charge in [0.25, 0.3) is 0 Å². The van der Waals surface area contributed by atoms with Gasteiger partial charge in [-0.2, -0.15) is 8.78 Å². The quantitative estimate of drug-likeness (QED) is 0.226. The van der Waals surface area contributed by atoms with Gasteiger partial charge in [0.1, 0.15) is 5.65 Å². The number of pyridine rings is 3. The molecule has 4 aromatic rings. The van der Waals surface area contributed by atoms with E-state index in [0.29, 0.717) is 39.3 Å². The first kappa shape index (κ1) is 26.4. The van der Waals surface area contributed by atoms with Gasteiger partial charge in [-0.05, 0) is 81.9 Å². The fourth-order valence-corrected chi connectivity index (χ4v) is 5.69. The van der Waals surface area contributed by atoms with Crippen LogP contribution in [0.1, 0.15) is 52.5 Å². The van der Waals surface area contributed by atoms with E-state index in [1.54, 1.807) is 30.6 Å². The molecule has 5 heterocycles. The minimum Gasteiger partial charge on any atom is -0.354 e. The summed E-state index contributed by atoms with van der Waals surface area (Å²) >= 11 is 0. The minimum absolute atomic E-state index is 0.142. The summed E-state index contributed by atoms with van der Waals surface area (Å²) in [5, 5.41) is 1.19. The predicted octanol–water partition coefficient (Wildman–Crippen LogP) is 6.91. The summed E-state index contributed by atoms with van der Waals surface area (Å²) in [5.74, 6) is 0.579. The van der Waals surface area contributed by atoms with Crippen LogP contribution in [0.25, 0.3) is 33.2 Å². The van der Waals surface area contributed by atoms with E-state index in [4.69, 9.17) is 0 Å². The van der Waals surface area contributed by atoms with Crippen molar-refractivity contribution >= 4 is 27.8 Å². The molecule has 0 amide bonds. The van der Waals surface area contributed by atoms with E-state index in [0.717, 1.165) is 50.1 Å². The van der Waals surface area contributed by atoms with Gasteiger partial charge in [0.05, 0.1) is 11.2 Å². The Balaban J connectivity index is 1.30. The molecule has 0 aliphatic carbocycles. The molecule has 1 saturated heterocycles. The molecule has 1 aliphatic heterocycles. The predicted molar refractivity (Wildman–Crippen MR) is 146 cm³/mol. The SMILES string of the molecule is CCCN(CCC)CCC1CCN(c2ncc(-c3ccc4c5cnccc5n(C(F)F)c4n3)cc2F)CC1. The Morgan fingerprint density at radius 2 is 1.76 bits per heavy atom. The summed E-state index contributed by atoms with van der Waals surface area (Å²) < 4.78 is 44.0. The van der Waals surface area contributed by atoms with Gasteiger partial charge in [-0.25, -0.2) is 14.4 Å². The van der Waals surface area contributed by atoms with Crippen LogP contribution in [0.3, 0.4) is 0 Å². The molecule has 9 heteroatoms. The maximum absolute atomic E-state index is 15.3. The molecule has 0 N–H and O–H groups in total. The van der Waals surface area contributed by atoms with E-state index < -0.39 is 12.4 Å². The average molecular weight is 525 g/mol. The molecule has 202 valence electrons. The van der Waals surface area contributed by atoms with Crippen LogP contribution < -0.4 is 4.90 Å². The van der Waals surface area contributed by atoms with Crippen molar-refractivity contribution in [2.75, 3.05) is 37.6 Å². The van der Waals surface area contributed by atoms with Crippen LogP contribution in [0, 0.1) is 11.7 Å². The first-order valence-corrected chi connectivity index (χ1v) is 13.7. The van der Waals surface area contributed by atoms with Gasteiger partial charge in [0.15, 0.2) is 11.6 Å². The average Bonchev–Trinajstić information content (AvgIpc) is 3.26. The van der Waals surface area contributed by atoms with Crippen molar-refractivity contribution in [3.05, 3.63) is 48.7 Å². The summed E-state index contributed by atoms with van der Waals surface area (Å²) in [5.41, 5.74) is 1.36. The lowest BCUT2D eigenvalue weighted by atomic mass is 9.93. The van der Waals surface area contributed by atoms with Gasteiger partial charge < -0.3 is 9.80 Å². The Morgan fingerprint density at radius 3 is 2.45 bits per heavy atom. The lowest BCUT2D eigenvalue weighted by molar-refractivity contribution is 0.0791. The van der Waals surface area contributed by atoms with Crippen molar-refractivity contribution in [3.8, 4) is 11.3 Å². The lowest BCUT2D eigenvalue weighted by Crippen LogP contribution is -2.36. The molecule has 4 aromatic heterocycles. The monoisotopic (exact) mass is 524 g/mol. The molecule has 6 nitrogen and oxygen atoms in total. The van der Waals surface area contributed by atoms with Crippen LogP contribution >= 0.6 is 0 Å². The molecule has 0 spiro atoms. The maximum atomic E-state index is 15.3. The number of aromatic nitrogens is 4. The number of hydrogen-bond donors (Lipinski definition) is 0. The molecule has 0 bridgehead atoms. The largest absolute Gasteiger partial charge is 0.354 e. The second kappa shape index (κ2) is 11.7. The van der Waals surface area contributed by atoms with E-state index >= 15 is 4.39 Å². The van der Waals surface area contributed by atoms with E-state index in [-0.39, 0.29) is 5.65 Å². The van der Waals surface area contributed by atoms with Gasteiger partial charge >= 0.3 is 6.55 Å². The Morgan fingerprint density at radius 1 is 1.00 bits per heavy atom. The Labute approximate surface area is 221 Å². The van der Waals surface area contributed by atoms with Crippen LogP contribution in [0.4, 0.5) is 19.0 Å². The number of hydrogen-bond acceptors (Lipinski definition) is 5. The van der Waals surface area contributed by atoms with Gasteiger partial charge in [-0.1, -0.05) is 13.8 Å². The highest BCUT2D eigenvalue weighted by atomic mass is 19.3. The molecule has 0 unspecified atom stereocenters. The Hall–Kier alpha value is -3.20. The third-order valence-electron chi connectivity index (χ3n) is 7.61. The molecule has 0 atom stereocenters. The fraction of sp³-hybridized carbons (Fsp3) is 0.483. The number of nitrogens with zero attached hydrogens (tertiary/aromatic N) is 6. The van der Waals surface area contributed by atoms with E-state index in [1.165, 1.54) is 31.5 Å². The molecule has 0 radical (unpaired) electrons. The number of piperidine rings is 1. The van der Waals surface area contributed by atoms with Crippen molar-refractivity contribution in [1.82, 2.24) is 24.4 Å². The molecule has 5 rings (SSSR count). The Kier molecular flexibility index (Phi) is 8.12. The molecule has 38 heavy (non-hydrogen) atoms. The van der Waals surface area contributed by atoms with Gasteiger partial charge in [-0.15, -0.1) is 0 Å². The van der Waals surface area contributed by atoms with E-state index in [9.17, 15) is 8.78 Å². The van der Waals surface area contributed by atoms with Crippen LogP contribution in [0.2, 0.25) is 0 Å². The third-order valence-corrected chi connectivity index (χ3v) is 7.61. The smallest absolute Gasteiger partial charge is 0.320 e. The van der Waals surface area contributed by atoms with Crippen LogP contribution in [0.15, 0.2) is 42.9 Å². The van der Waals surface area contributed by atoms with Crippen molar-refractivity contribution in [3.63, 3.8) is 0 Å². The van der Waals surface area contributed by atoms with Crippen molar-refractivity contribution in [2.24, 2.45) is 5.92 Å². The minimum atomic E-state index is -2.76. The standard InChI is InChI=1S/C29H35F3N6/c1-3-12-36(13-4-2)14-8-20-9-15-37(16-10-20)28-24(30)17-21(18-34-28)25-6-5-22-23-19-33-11-7-26(23)38(29(31)32)27(22)35-25/h5-7,11,17-20,29H,3-4,8-10,12-16H2,1-2H3. The van der Waals surface area contributed by atoms with E-state index in [2.05, 4.69) is 33.7 Å². The maximum Gasteiger partial charge on any atom is 0.320 e. The second-order valence-corrected chi connectivity index (χ2v) is 10.2. The zero-order valence-electron chi connectivity index (χ0n) is 22.1. The highest BCUT2D eigenvalue weighted by molar-refractivity contribution is 6.06. The molecule has 0 aromatic carbocycles. The summed E-state index contributed by atoms with van der Waals surface area (Å²) in [6, 6.07) is 6.41. The highest BCUT2D eigenvalue weighted by Crippen LogP contribution is 2.34. The zero-order valence-corrected chi connectivity index (χ0v) is 22.1. The normalized spacial score (nSPS) is 15.0. The van der Waals surface area contributed by atoms with Crippen LogP contribution in [0.5, 0.6) is 0 Å². The van der Waals surface area contributed by atoms with Crippen molar-refractivity contribution in [2.45, 2.75) is 52.5 Å². The summed E-state index contributed by atoms with van der Waals surface area (Å²) in [6.45, 7) is 6.68. The van der Waals surface area contributed by atoms with Gasteiger partial charge in [-0.3, -0.25) is 9.55 Å². The number of anilines is 1. The first-order valence-electron chi connectivity index (χ1n) is 13.7. The topological polar surface area (TPSA) is 50.1 Å². The fourth-order valence-electron chi connectivity index (χ4n) is 5.69. The number of rotatable bonds is 10. The van der Waals surface area contributed by atoms with Crippen molar-refractivity contribution in [1.29, 1.82) is 0 Å². The van der Waals surface area contributed by atoms with Crippen LogP contribution in [-0.4, -0.2) is 57.1 Å². The second-order valence-electron chi connectivity index (χ2n) is 10.2. The summed E-state index contributed by atoms with van der Waals surface area (Å²) in [4.78, 5) is 17.6. The Bertz CT molecular complexity index is 1370. The highest BCUT2D eigenvalue weighted by Gasteiger charge is 2.24. The van der Waals surface area contributed by atoms with E-state index in [1.807, 2.05) is 4.90 Å². The molecule has 1 fully saturated rings. The zero-order chi connectivity index (χ0) is 26.6. The van der Waals surface area contributed by atoms with Crippen LogP contribution in [-0.2, 0) is 0 Å². The lowest BCUT2D eigenvalue weighted by Gasteiger charge is -2.34. The summed E-state index contributed by atoms with van der Waals surface area (Å²) in [7, 11) is 0. The molecule has 0 saturated carbocycles. The first-order chi connectivity index (χ1) is 18.5. The third kappa shape index (κ3) is 5.34. The molecular formula is C29H35F3N6. The van der Waals surface area contributed by atoms with Crippen molar-refractivity contribution < 1.29 is 13.2 Å². The van der Waals surface area contributed by atoms with Gasteiger partial charge in [0, 0.05) is 48.0 Å². The number of halogens is 3. The summed E-state index contributed by atoms with van der Waals surface area (Å²) in [6.07, 6.45) is 10.2. The number of alkyl halides is 2.